The van der Waals surface area contributed by atoms with Gasteiger partial charge in [0.1, 0.15) is 17.7 Å². The third kappa shape index (κ3) is 2.43. The lowest BCUT2D eigenvalue weighted by Crippen LogP contribution is -2.40. The Hall–Kier alpha value is -1.85. The van der Waals surface area contributed by atoms with Crippen molar-refractivity contribution < 1.29 is 9.90 Å². The smallest absolute Gasteiger partial charge is 0.326 e. The van der Waals surface area contributed by atoms with E-state index < -0.39 is 12.0 Å². The average molecular weight is 291 g/mol. The predicted molar refractivity (Wildman–Crippen MR) is 78.5 cm³/mol. The number of aliphatic carboxylic acids is 1. The van der Waals surface area contributed by atoms with E-state index >= 15 is 0 Å². The summed E-state index contributed by atoms with van der Waals surface area (Å²) in [4.78, 5) is 32.5. The van der Waals surface area contributed by atoms with Crippen molar-refractivity contribution >= 4 is 11.8 Å². The number of carboxylic acid groups (broad SMARTS) is 1. The van der Waals surface area contributed by atoms with E-state index in [9.17, 15) is 14.7 Å². The van der Waals surface area contributed by atoms with Gasteiger partial charge < -0.3 is 15.0 Å². The van der Waals surface area contributed by atoms with Crippen LogP contribution in [-0.4, -0.2) is 33.6 Å². The molecule has 1 aromatic heterocycles. The molecule has 1 aliphatic heterocycles. The molecule has 1 aromatic rings. The summed E-state index contributed by atoms with van der Waals surface area (Å²) in [6.45, 7) is 4.60. The molecule has 0 amide bonds. The van der Waals surface area contributed by atoms with Crippen molar-refractivity contribution in [2.75, 3.05) is 11.4 Å². The van der Waals surface area contributed by atoms with Crippen molar-refractivity contribution in [3.8, 4) is 0 Å². The second-order valence-corrected chi connectivity index (χ2v) is 6.43. The molecule has 0 aromatic carbocycles. The molecule has 2 fully saturated rings. The number of nitrogens with one attached hydrogen (secondary N) is 1. The van der Waals surface area contributed by atoms with Gasteiger partial charge >= 0.3 is 5.97 Å². The molecule has 1 saturated carbocycles. The van der Waals surface area contributed by atoms with Crippen LogP contribution in [0.2, 0.25) is 0 Å². The SMILES string of the molecule is CC(C)c1nc(N2CC3CCCC3C2C(=O)O)cc(=O)[nH]1. The Morgan fingerprint density at radius 3 is 2.90 bits per heavy atom. The van der Waals surface area contributed by atoms with Crippen molar-refractivity contribution in [2.24, 2.45) is 11.8 Å². The van der Waals surface area contributed by atoms with Gasteiger partial charge in [0.15, 0.2) is 0 Å². The number of aromatic amines is 1. The largest absolute Gasteiger partial charge is 0.480 e. The molecule has 2 N–H and O–H groups in total. The molecule has 6 heteroatoms. The molecule has 3 unspecified atom stereocenters. The Morgan fingerprint density at radius 1 is 1.48 bits per heavy atom. The van der Waals surface area contributed by atoms with Gasteiger partial charge in [-0.3, -0.25) is 4.79 Å². The van der Waals surface area contributed by atoms with E-state index in [1.807, 2.05) is 18.7 Å². The average Bonchev–Trinajstić information content (AvgIpc) is 2.96. The maximum atomic E-state index is 11.8. The first-order valence-electron chi connectivity index (χ1n) is 7.58. The lowest BCUT2D eigenvalue weighted by atomic mass is 9.94. The van der Waals surface area contributed by atoms with Crippen molar-refractivity contribution in [1.82, 2.24) is 9.97 Å². The van der Waals surface area contributed by atoms with Crippen LogP contribution in [0, 0.1) is 11.8 Å². The summed E-state index contributed by atoms with van der Waals surface area (Å²) in [5.74, 6) is 1.00. The number of carboxylic acids is 1. The van der Waals surface area contributed by atoms with E-state index in [1.165, 1.54) is 6.07 Å². The summed E-state index contributed by atoms with van der Waals surface area (Å²) in [7, 11) is 0. The van der Waals surface area contributed by atoms with Crippen LogP contribution >= 0.6 is 0 Å². The number of anilines is 1. The summed E-state index contributed by atoms with van der Waals surface area (Å²) in [6, 6.07) is 0.870. The van der Waals surface area contributed by atoms with Crippen LogP contribution in [0.3, 0.4) is 0 Å². The molecule has 3 atom stereocenters. The van der Waals surface area contributed by atoms with E-state index in [0.29, 0.717) is 24.1 Å². The number of fused-ring (bicyclic) bond motifs is 1. The maximum absolute atomic E-state index is 11.8. The molecule has 21 heavy (non-hydrogen) atoms. The van der Waals surface area contributed by atoms with E-state index in [0.717, 1.165) is 19.3 Å². The molecule has 3 rings (SSSR count). The summed E-state index contributed by atoms with van der Waals surface area (Å²) in [5.41, 5.74) is -0.218. The monoisotopic (exact) mass is 291 g/mol. The summed E-state index contributed by atoms with van der Waals surface area (Å²) < 4.78 is 0. The number of carbonyl (C=O) groups is 1. The highest BCUT2D eigenvalue weighted by Gasteiger charge is 2.48. The van der Waals surface area contributed by atoms with Gasteiger partial charge in [-0.25, -0.2) is 9.78 Å². The second kappa shape index (κ2) is 5.16. The Morgan fingerprint density at radius 2 is 2.24 bits per heavy atom. The zero-order valence-electron chi connectivity index (χ0n) is 12.4. The minimum absolute atomic E-state index is 0.100. The van der Waals surface area contributed by atoms with E-state index in [4.69, 9.17) is 0 Å². The van der Waals surface area contributed by atoms with Crippen molar-refractivity contribution in [1.29, 1.82) is 0 Å². The van der Waals surface area contributed by atoms with Gasteiger partial charge in [-0.1, -0.05) is 20.3 Å². The van der Waals surface area contributed by atoms with Crippen LogP contribution in [-0.2, 0) is 4.79 Å². The fourth-order valence-electron chi connectivity index (χ4n) is 3.74. The van der Waals surface area contributed by atoms with Crippen LogP contribution in [0.4, 0.5) is 5.82 Å². The Balaban J connectivity index is 1.99. The van der Waals surface area contributed by atoms with Gasteiger partial charge in [0.2, 0.25) is 0 Å². The first-order chi connectivity index (χ1) is 9.97. The molecule has 2 heterocycles. The lowest BCUT2D eigenvalue weighted by molar-refractivity contribution is -0.139. The van der Waals surface area contributed by atoms with Crippen LogP contribution in [0.1, 0.15) is 44.9 Å². The quantitative estimate of drug-likeness (QED) is 0.883. The standard InChI is InChI=1S/C15H21N3O3/c1-8(2)14-16-11(6-12(19)17-14)18-7-9-4-3-5-10(9)13(18)15(20)21/h6,8-10,13H,3-5,7H2,1-2H3,(H,20,21)(H,16,17,19). The molecule has 114 valence electrons. The number of hydrogen-bond donors (Lipinski definition) is 2. The Kier molecular flexibility index (Phi) is 3.47. The fraction of sp³-hybridized carbons (Fsp3) is 0.667. The van der Waals surface area contributed by atoms with Crippen molar-refractivity contribution in [3.63, 3.8) is 0 Å². The molecular weight excluding hydrogens is 270 g/mol. The van der Waals surface area contributed by atoms with E-state index in [1.54, 1.807) is 0 Å². The summed E-state index contributed by atoms with van der Waals surface area (Å²) in [6.07, 6.45) is 3.14. The van der Waals surface area contributed by atoms with Gasteiger partial charge in [-0.15, -0.1) is 0 Å². The second-order valence-electron chi connectivity index (χ2n) is 6.43. The molecule has 1 saturated heterocycles. The highest BCUT2D eigenvalue weighted by molar-refractivity contribution is 5.79. The maximum Gasteiger partial charge on any atom is 0.326 e. The van der Waals surface area contributed by atoms with Crippen molar-refractivity contribution in [3.05, 3.63) is 22.2 Å². The van der Waals surface area contributed by atoms with Gasteiger partial charge in [-0.2, -0.15) is 0 Å². The van der Waals surface area contributed by atoms with Gasteiger partial charge in [-0.05, 0) is 24.7 Å². The molecule has 2 aliphatic rings. The number of hydrogen-bond acceptors (Lipinski definition) is 4. The highest BCUT2D eigenvalue weighted by Crippen LogP contribution is 2.43. The molecular formula is C15H21N3O3. The first kappa shape index (κ1) is 14.1. The van der Waals surface area contributed by atoms with Gasteiger partial charge in [0, 0.05) is 18.5 Å². The van der Waals surface area contributed by atoms with Crippen molar-refractivity contribution in [2.45, 2.75) is 45.1 Å². The summed E-state index contributed by atoms with van der Waals surface area (Å²) >= 11 is 0. The normalized spacial score (nSPS) is 28.1. The molecule has 0 radical (unpaired) electrons. The zero-order valence-corrected chi connectivity index (χ0v) is 12.4. The topological polar surface area (TPSA) is 86.3 Å². The van der Waals surface area contributed by atoms with Crippen LogP contribution in [0.25, 0.3) is 0 Å². The first-order valence-corrected chi connectivity index (χ1v) is 7.58. The zero-order chi connectivity index (χ0) is 15.1. The van der Waals surface area contributed by atoms with Crippen LogP contribution in [0.15, 0.2) is 10.9 Å². The Bertz CT molecular complexity index is 610. The Labute approximate surface area is 123 Å². The predicted octanol–water partition coefficient (Wildman–Crippen LogP) is 1.58. The minimum atomic E-state index is -0.808. The minimum Gasteiger partial charge on any atom is -0.480 e. The van der Waals surface area contributed by atoms with Crippen LogP contribution < -0.4 is 10.5 Å². The number of nitrogens with zero attached hydrogens (tertiary/aromatic N) is 2. The van der Waals surface area contributed by atoms with E-state index in [2.05, 4.69) is 9.97 Å². The van der Waals surface area contributed by atoms with Crippen LogP contribution in [0.5, 0.6) is 0 Å². The molecule has 6 nitrogen and oxygen atoms in total. The third-order valence-corrected chi connectivity index (χ3v) is 4.73. The number of aromatic nitrogens is 2. The molecule has 1 aliphatic carbocycles. The summed E-state index contributed by atoms with van der Waals surface area (Å²) in [5, 5.41) is 9.58. The van der Waals surface area contributed by atoms with E-state index in [-0.39, 0.29) is 17.4 Å². The van der Waals surface area contributed by atoms with Gasteiger partial charge in [0.05, 0.1) is 0 Å². The number of rotatable bonds is 3. The molecule has 0 bridgehead atoms. The highest BCUT2D eigenvalue weighted by atomic mass is 16.4. The van der Waals surface area contributed by atoms with Gasteiger partial charge in [0.25, 0.3) is 5.56 Å². The lowest BCUT2D eigenvalue weighted by Gasteiger charge is -2.25. The molecule has 0 spiro atoms. The third-order valence-electron chi connectivity index (χ3n) is 4.73. The number of H-pyrrole nitrogens is 1. The fourth-order valence-corrected chi connectivity index (χ4v) is 3.74.